The second kappa shape index (κ2) is 7.73. The van der Waals surface area contributed by atoms with E-state index < -0.39 is 0 Å². The van der Waals surface area contributed by atoms with E-state index in [0.29, 0.717) is 12.1 Å². The lowest BCUT2D eigenvalue weighted by atomic mass is 10.2. The van der Waals surface area contributed by atoms with Gasteiger partial charge in [-0.05, 0) is 12.1 Å². The van der Waals surface area contributed by atoms with Gasteiger partial charge >= 0.3 is 0 Å². The summed E-state index contributed by atoms with van der Waals surface area (Å²) in [6.45, 7) is 2.47. The van der Waals surface area contributed by atoms with Crippen LogP contribution in [0.4, 0.5) is 0 Å². The standard InChI is InChI=1S/C12H17N3O2S/c1-9(7-13)18-8-11(16)14-15-12(17)10-5-3-2-4-6-10/h2-6,9H,7-8,13H2,1H3,(H,14,16)(H,15,17). The lowest BCUT2D eigenvalue weighted by Gasteiger charge is -2.09. The van der Waals surface area contributed by atoms with Crippen molar-refractivity contribution in [2.75, 3.05) is 12.3 Å². The molecule has 0 fully saturated rings. The van der Waals surface area contributed by atoms with Crippen LogP contribution in [0, 0.1) is 0 Å². The number of amides is 2. The van der Waals surface area contributed by atoms with Gasteiger partial charge in [-0.2, -0.15) is 0 Å². The van der Waals surface area contributed by atoms with Crippen molar-refractivity contribution in [3.05, 3.63) is 35.9 Å². The fourth-order valence-electron chi connectivity index (χ4n) is 1.11. The van der Waals surface area contributed by atoms with Gasteiger partial charge in [0, 0.05) is 17.4 Å². The van der Waals surface area contributed by atoms with Gasteiger partial charge in [0.05, 0.1) is 5.75 Å². The number of nitrogens with one attached hydrogen (secondary N) is 2. The van der Waals surface area contributed by atoms with Gasteiger partial charge < -0.3 is 5.73 Å². The maximum atomic E-state index is 11.6. The van der Waals surface area contributed by atoms with Crippen molar-refractivity contribution in [1.82, 2.24) is 10.9 Å². The maximum absolute atomic E-state index is 11.6. The zero-order valence-corrected chi connectivity index (χ0v) is 11.0. The first kappa shape index (κ1) is 14.5. The molecule has 0 saturated carbocycles. The van der Waals surface area contributed by atoms with Crippen LogP contribution in [0.1, 0.15) is 17.3 Å². The first-order chi connectivity index (χ1) is 8.63. The van der Waals surface area contributed by atoms with Gasteiger partial charge in [-0.25, -0.2) is 0 Å². The Kier molecular flexibility index (Phi) is 6.24. The van der Waals surface area contributed by atoms with Crippen molar-refractivity contribution in [3.8, 4) is 0 Å². The molecule has 1 aromatic carbocycles. The maximum Gasteiger partial charge on any atom is 0.269 e. The van der Waals surface area contributed by atoms with Gasteiger partial charge in [0.25, 0.3) is 5.91 Å². The fraction of sp³-hybridized carbons (Fsp3) is 0.333. The minimum atomic E-state index is -0.333. The SMILES string of the molecule is CC(CN)SCC(=O)NNC(=O)c1ccccc1. The molecule has 0 saturated heterocycles. The van der Waals surface area contributed by atoms with Gasteiger partial charge in [0.2, 0.25) is 5.91 Å². The molecule has 1 aromatic rings. The first-order valence-electron chi connectivity index (χ1n) is 5.59. The Hall–Kier alpha value is -1.53. The van der Waals surface area contributed by atoms with Gasteiger partial charge in [0.1, 0.15) is 0 Å². The van der Waals surface area contributed by atoms with Gasteiger partial charge in [-0.15, -0.1) is 11.8 Å². The molecule has 98 valence electrons. The van der Waals surface area contributed by atoms with Crippen LogP contribution in [0.3, 0.4) is 0 Å². The van der Waals surface area contributed by atoms with Crippen molar-refractivity contribution >= 4 is 23.6 Å². The van der Waals surface area contributed by atoms with Gasteiger partial charge in [-0.1, -0.05) is 25.1 Å². The van der Waals surface area contributed by atoms with E-state index in [1.165, 1.54) is 11.8 Å². The van der Waals surface area contributed by atoms with Crippen LogP contribution in [0.25, 0.3) is 0 Å². The number of hydrogen-bond donors (Lipinski definition) is 3. The zero-order chi connectivity index (χ0) is 13.4. The fourth-order valence-corrected chi connectivity index (χ4v) is 1.75. The summed E-state index contributed by atoms with van der Waals surface area (Å²) in [6, 6.07) is 8.69. The number of rotatable bonds is 5. The predicted octanol–water partition coefficient (Wildman–Crippen LogP) is 0.528. The van der Waals surface area contributed by atoms with Crippen molar-refractivity contribution in [1.29, 1.82) is 0 Å². The molecule has 1 atom stereocenters. The largest absolute Gasteiger partial charge is 0.329 e. The summed E-state index contributed by atoms with van der Waals surface area (Å²) in [7, 11) is 0. The molecule has 0 radical (unpaired) electrons. The quantitative estimate of drug-likeness (QED) is 0.679. The molecule has 0 aromatic heterocycles. The number of benzene rings is 1. The summed E-state index contributed by atoms with van der Waals surface area (Å²) < 4.78 is 0. The highest BCUT2D eigenvalue weighted by atomic mass is 32.2. The molecule has 5 nitrogen and oxygen atoms in total. The molecular weight excluding hydrogens is 250 g/mol. The smallest absolute Gasteiger partial charge is 0.269 e. The second-order valence-electron chi connectivity index (χ2n) is 3.73. The van der Waals surface area contributed by atoms with E-state index in [-0.39, 0.29) is 22.8 Å². The molecule has 4 N–H and O–H groups in total. The van der Waals surface area contributed by atoms with Crippen molar-refractivity contribution in [3.63, 3.8) is 0 Å². The second-order valence-corrected chi connectivity index (χ2v) is 5.15. The molecule has 0 aliphatic carbocycles. The topological polar surface area (TPSA) is 84.2 Å². The third kappa shape index (κ3) is 5.20. The van der Waals surface area contributed by atoms with E-state index in [0.717, 1.165) is 0 Å². The summed E-state index contributed by atoms with van der Waals surface area (Å²) >= 11 is 1.44. The van der Waals surface area contributed by atoms with E-state index in [1.807, 2.05) is 13.0 Å². The van der Waals surface area contributed by atoms with E-state index in [1.54, 1.807) is 24.3 Å². The van der Waals surface area contributed by atoms with Crippen molar-refractivity contribution in [2.24, 2.45) is 5.73 Å². The van der Waals surface area contributed by atoms with E-state index in [2.05, 4.69) is 10.9 Å². The minimum Gasteiger partial charge on any atom is -0.329 e. The van der Waals surface area contributed by atoms with Crippen LogP contribution in [0.15, 0.2) is 30.3 Å². The number of hydrogen-bond acceptors (Lipinski definition) is 4. The monoisotopic (exact) mass is 267 g/mol. The van der Waals surface area contributed by atoms with Crippen molar-refractivity contribution < 1.29 is 9.59 Å². The molecule has 0 heterocycles. The molecule has 1 unspecified atom stereocenters. The van der Waals surface area contributed by atoms with Crippen LogP contribution < -0.4 is 16.6 Å². The number of hydrazine groups is 1. The minimum absolute atomic E-state index is 0.223. The molecule has 0 aliphatic rings. The third-order valence-corrected chi connectivity index (χ3v) is 3.37. The summed E-state index contributed by atoms with van der Waals surface area (Å²) in [5, 5.41) is 0.223. The van der Waals surface area contributed by atoms with Gasteiger partial charge in [-0.3, -0.25) is 20.4 Å². The lowest BCUT2D eigenvalue weighted by molar-refractivity contribution is -0.119. The Bertz CT molecular complexity index is 398. The van der Waals surface area contributed by atoms with E-state index >= 15 is 0 Å². The first-order valence-corrected chi connectivity index (χ1v) is 6.64. The highest BCUT2D eigenvalue weighted by molar-refractivity contribution is 8.00. The summed E-state index contributed by atoms with van der Waals surface area (Å²) in [6.07, 6.45) is 0. The Morgan fingerprint density at radius 1 is 1.28 bits per heavy atom. The lowest BCUT2D eigenvalue weighted by Crippen LogP contribution is -2.42. The molecule has 0 aliphatic heterocycles. The summed E-state index contributed by atoms with van der Waals surface area (Å²) in [4.78, 5) is 23.0. The van der Waals surface area contributed by atoms with Crippen LogP contribution in [0.5, 0.6) is 0 Å². The summed E-state index contributed by atoms with van der Waals surface area (Å²) in [5.41, 5.74) is 10.7. The Labute approximate surface area is 110 Å². The highest BCUT2D eigenvalue weighted by Gasteiger charge is 2.08. The van der Waals surface area contributed by atoms with Crippen LogP contribution in [-0.4, -0.2) is 29.4 Å². The average molecular weight is 267 g/mol. The predicted molar refractivity (Wildman–Crippen MR) is 73.0 cm³/mol. The number of thioether (sulfide) groups is 1. The van der Waals surface area contributed by atoms with Crippen LogP contribution >= 0.6 is 11.8 Å². The van der Waals surface area contributed by atoms with E-state index in [9.17, 15) is 9.59 Å². The average Bonchev–Trinajstić information content (AvgIpc) is 2.42. The molecule has 2 amide bonds. The molecule has 1 rings (SSSR count). The Morgan fingerprint density at radius 2 is 1.94 bits per heavy atom. The van der Waals surface area contributed by atoms with E-state index in [4.69, 9.17) is 5.73 Å². The van der Waals surface area contributed by atoms with Crippen LogP contribution in [-0.2, 0) is 4.79 Å². The number of nitrogens with two attached hydrogens (primary N) is 1. The summed E-state index contributed by atoms with van der Waals surface area (Å²) in [5.74, 6) is -0.307. The zero-order valence-electron chi connectivity index (χ0n) is 10.2. The van der Waals surface area contributed by atoms with Crippen molar-refractivity contribution in [2.45, 2.75) is 12.2 Å². The Morgan fingerprint density at radius 3 is 2.56 bits per heavy atom. The van der Waals surface area contributed by atoms with Gasteiger partial charge in [0.15, 0.2) is 0 Å². The number of carbonyl (C=O) groups excluding carboxylic acids is 2. The van der Waals surface area contributed by atoms with Crippen LogP contribution in [0.2, 0.25) is 0 Å². The molecule has 0 spiro atoms. The number of carbonyl (C=O) groups is 2. The third-order valence-electron chi connectivity index (χ3n) is 2.18. The normalized spacial score (nSPS) is 11.7. The molecule has 6 heteroatoms. The Balaban J connectivity index is 2.28. The molecule has 18 heavy (non-hydrogen) atoms. The highest BCUT2D eigenvalue weighted by Crippen LogP contribution is 2.07. The molecular formula is C12H17N3O2S. The molecule has 0 bridgehead atoms.